The molecule has 3 rings (SSSR count). The molecule has 1 N–H and O–H groups in total. The second-order valence-corrected chi connectivity index (χ2v) is 7.58. The van der Waals surface area contributed by atoms with Crippen molar-refractivity contribution in [3.05, 3.63) is 51.1 Å². The van der Waals surface area contributed by atoms with Gasteiger partial charge in [0.05, 0.1) is 0 Å². The molecule has 1 aromatic heterocycles. The van der Waals surface area contributed by atoms with Gasteiger partial charge in [-0.25, -0.2) is 0 Å². The molecule has 5 nitrogen and oxygen atoms in total. The molecule has 2 amide bonds. The number of para-hydroxylation sites is 1. The topological polar surface area (TPSA) is 52.7 Å². The fourth-order valence-corrected chi connectivity index (χ4v) is 4.30. The summed E-state index contributed by atoms with van der Waals surface area (Å²) in [6, 6.07) is 12.1. The lowest BCUT2D eigenvalue weighted by molar-refractivity contribution is -0.131. The van der Waals surface area contributed by atoms with Gasteiger partial charge in [-0.1, -0.05) is 18.2 Å². The van der Waals surface area contributed by atoms with Crippen LogP contribution in [0.2, 0.25) is 0 Å². The number of halogens is 1. The van der Waals surface area contributed by atoms with Gasteiger partial charge in [0.25, 0.3) is 5.91 Å². The van der Waals surface area contributed by atoms with Crippen LogP contribution >= 0.6 is 27.3 Å². The lowest BCUT2D eigenvalue weighted by Gasteiger charge is -2.36. The van der Waals surface area contributed by atoms with Gasteiger partial charge in [0, 0.05) is 49.3 Å². The van der Waals surface area contributed by atoms with Crippen molar-refractivity contribution in [3.8, 4) is 0 Å². The van der Waals surface area contributed by atoms with Crippen molar-refractivity contribution < 1.29 is 9.59 Å². The number of hydrogen-bond acceptors (Lipinski definition) is 4. The van der Waals surface area contributed by atoms with E-state index in [4.69, 9.17) is 0 Å². The maximum Gasteiger partial charge on any atom is 0.262 e. The average molecular weight is 422 g/mol. The standard InChI is InChI=1S/C18H20BrN3O2S/c19-15-7-13-25-17(15)18(24)20-8-6-16(23)22-11-9-21(10-12-22)14-4-2-1-3-5-14/h1-5,7,13H,6,8-12H2,(H,20,24). The largest absolute Gasteiger partial charge is 0.368 e. The number of thiophene rings is 1. The Balaban J connectivity index is 1.41. The molecular weight excluding hydrogens is 402 g/mol. The highest BCUT2D eigenvalue weighted by molar-refractivity contribution is 9.10. The van der Waals surface area contributed by atoms with E-state index < -0.39 is 0 Å². The van der Waals surface area contributed by atoms with Crippen LogP contribution in [0.25, 0.3) is 0 Å². The molecule has 7 heteroatoms. The summed E-state index contributed by atoms with van der Waals surface area (Å²) in [4.78, 5) is 29.2. The molecule has 1 aliphatic rings. The fraction of sp³-hybridized carbons (Fsp3) is 0.333. The van der Waals surface area contributed by atoms with Crippen molar-refractivity contribution in [2.45, 2.75) is 6.42 Å². The van der Waals surface area contributed by atoms with Gasteiger partial charge in [-0.05, 0) is 39.5 Å². The van der Waals surface area contributed by atoms with E-state index in [1.807, 2.05) is 34.5 Å². The quantitative estimate of drug-likeness (QED) is 0.806. The third-order valence-electron chi connectivity index (χ3n) is 4.20. The number of nitrogens with zero attached hydrogens (tertiary/aromatic N) is 2. The number of hydrogen-bond donors (Lipinski definition) is 1. The molecule has 0 spiro atoms. The summed E-state index contributed by atoms with van der Waals surface area (Å²) in [6.45, 7) is 3.48. The van der Waals surface area contributed by atoms with Crippen LogP contribution in [0.15, 0.2) is 46.3 Å². The second-order valence-electron chi connectivity index (χ2n) is 5.81. The summed E-state index contributed by atoms with van der Waals surface area (Å²) in [5, 5.41) is 4.67. The normalized spacial score (nSPS) is 14.4. The van der Waals surface area contributed by atoms with Gasteiger partial charge in [0.1, 0.15) is 4.88 Å². The van der Waals surface area contributed by atoms with E-state index >= 15 is 0 Å². The smallest absolute Gasteiger partial charge is 0.262 e. The van der Waals surface area contributed by atoms with Gasteiger partial charge < -0.3 is 15.1 Å². The van der Waals surface area contributed by atoms with E-state index in [0.717, 1.165) is 30.7 Å². The molecule has 1 aromatic carbocycles. The van der Waals surface area contributed by atoms with E-state index in [1.54, 1.807) is 0 Å². The van der Waals surface area contributed by atoms with Gasteiger partial charge >= 0.3 is 0 Å². The van der Waals surface area contributed by atoms with Crippen LogP contribution in [0.4, 0.5) is 5.69 Å². The van der Waals surface area contributed by atoms with Crippen molar-refractivity contribution in [2.24, 2.45) is 0 Å². The predicted molar refractivity (Wildman–Crippen MR) is 104 cm³/mol. The highest BCUT2D eigenvalue weighted by atomic mass is 79.9. The van der Waals surface area contributed by atoms with Gasteiger partial charge in [-0.3, -0.25) is 9.59 Å². The van der Waals surface area contributed by atoms with Crippen molar-refractivity contribution in [1.82, 2.24) is 10.2 Å². The monoisotopic (exact) mass is 421 g/mol. The van der Waals surface area contributed by atoms with Crippen LogP contribution in [-0.4, -0.2) is 49.4 Å². The number of benzene rings is 1. The Hall–Kier alpha value is -1.86. The number of carbonyl (C=O) groups excluding carboxylic acids is 2. The van der Waals surface area contributed by atoms with Crippen LogP contribution in [0.5, 0.6) is 0 Å². The Morgan fingerprint density at radius 3 is 2.44 bits per heavy atom. The molecular formula is C18H20BrN3O2S. The number of rotatable bonds is 5. The fourth-order valence-electron chi connectivity index (χ4n) is 2.83. The molecule has 0 unspecified atom stereocenters. The first kappa shape index (κ1) is 17.9. The molecule has 0 saturated carbocycles. The molecule has 0 aliphatic carbocycles. The van der Waals surface area contributed by atoms with Crippen LogP contribution in [0, 0.1) is 0 Å². The van der Waals surface area contributed by atoms with E-state index in [1.165, 1.54) is 17.0 Å². The van der Waals surface area contributed by atoms with Crippen LogP contribution in [-0.2, 0) is 4.79 Å². The van der Waals surface area contributed by atoms with Crippen molar-refractivity contribution in [2.75, 3.05) is 37.6 Å². The Bertz CT molecular complexity index is 727. The molecule has 2 aromatic rings. The molecule has 1 saturated heterocycles. The molecule has 132 valence electrons. The Labute approximate surface area is 159 Å². The number of piperazine rings is 1. The summed E-state index contributed by atoms with van der Waals surface area (Å²) in [6.07, 6.45) is 0.333. The first-order chi connectivity index (χ1) is 12.1. The number of anilines is 1. The molecule has 0 radical (unpaired) electrons. The van der Waals surface area contributed by atoms with Crippen LogP contribution < -0.4 is 10.2 Å². The second kappa shape index (κ2) is 8.49. The van der Waals surface area contributed by atoms with E-state index in [0.29, 0.717) is 17.8 Å². The Kier molecular flexibility index (Phi) is 6.09. The minimum absolute atomic E-state index is 0.0956. The van der Waals surface area contributed by atoms with Gasteiger partial charge in [0.15, 0.2) is 0 Å². The van der Waals surface area contributed by atoms with Crippen LogP contribution in [0.1, 0.15) is 16.1 Å². The Morgan fingerprint density at radius 2 is 1.80 bits per heavy atom. The van der Waals surface area contributed by atoms with Crippen molar-refractivity contribution in [1.29, 1.82) is 0 Å². The molecule has 25 heavy (non-hydrogen) atoms. The predicted octanol–water partition coefficient (Wildman–Crippen LogP) is 2.98. The number of nitrogens with one attached hydrogen (secondary N) is 1. The van der Waals surface area contributed by atoms with E-state index in [-0.39, 0.29) is 11.8 Å². The van der Waals surface area contributed by atoms with Crippen molar-refractivity contribution in [3.63, 3.8) is 0 Å². The molecule has 0 atom stereocenters. The lowest BCUT2D eigenvalue weighted by Crippen LogP contribution is -2.49. The first-order valence-corrected chi connectivity index (χ1v) is 9.91. The summed E-state index contributed by atoms with van der Waals surface area (Å²) in [5.41, 5.74) is 1.20. The maximum atomic E-state index is 12.3. The summed E-state index contributed by atoms with van der Waals surface area (Å²) >= 11 is 4.73. The summed E-state index contributed by atoms with van der Waals surface area (Å²) in [5.74, 6) is -0.0400. The minimum atomic E-state index is -0.136. The highest BCUT2D eigenvalue weighted by Gasteiger charge is 2.21. The molecule has 1 aliphatic heterocycles. The number of carbonyl (C=O) groups is 2. The highest BCUT2D eigenvalue weighted by Crippen LogP contribution is 2.22. The molecule has 1 fully saturated rings. The van der Waals surface area contributed by atoms with Gasteiger partial charge in [-0.2, -0.15) is 0 Å². The van der Waals surface area contributed by atoms with Gasteiger partial charge in [0.2, 0.25) is 5.91 Å². The zero-order valence-electron chi connectivity index (χ0n) is 13.8. The zero-order valence-corrected chi connectivity index (χ0v) is 16.2. The molecule has 0 bridgehead atoms. The molecule has 2 heterocycles. The maximum absolute atomic E-state index is 12.3. The third kappa shape index (κ3) is 4.61. The van der Waals surface area contributed by atoms with E-state index in [9.17, 15) is 9.59 Å². The third-order valence-corrected chi connectivity index (χ3v) is 6.04. The van der Waals surface area contributed by atoms with Crippen molar-refractivity contribution >= 4 is 44.8 Å². The van der Waals surface area contributed by atoms with Gasteiger partial charge in [-0.15, -0.1) is 11.3 Å². The zero-order chi connectivity index (χ0) is 17.6. The summed E-state index contributed by atoms with van der Waals surface area (Å²) in [7, 11) is 0. The summed E-state index contributed by atoms with van der Waals surface area (Å²) < 4.78 is 0.790. The SMILES string of the molecule is O=C(NCCC(=O)N1CCN(c2ccccc2)CC1)c1sccc1Br. The average Bonchev–Trinajstić information content (AvgIpc) is 3.08. The van der Waals surface area contributed by atoms with E-state index in [2.05, 4.69) is 38.3 Å². The number of amides is 2. The Morgan fingerprint density at radius 1 is 1.08 bits per heavy atom. The lowest BCUT2D eigenvalue weighted by atomic mass is 10.2. The first-order valence-electron chi connectivity index (χ1n) is 8.24. The minimum Gasteiger partial charge on any atom is -0.368 e. The van der Waals surface area contributed by atoms with Crippen LogP contribution in [0.3, 0.4) is 0 Å².